The van der Waals surface area contributed by atoms with E-state index in [-0.39, 0.29) is 0 Å². The average molecular weight is 352 g/mol. The maximum Gasteiger partial charge on any atom is 0.0701 e. The summed E-state index contributed by atoms with van der Waals surface area (Å²) >= 11 is 5.38. The van der Waals surface area contributed by atoms with Crippen molar-refractivity contribution >= 4 is 27.3 Å². The maximum atomic E-state index is 3.61. The number of benzene rings is 1. The zero-order valence-electron chi connectivity index (χ0n) is 12.2. The van der Waals surface area contributed by atoms with Crippen LogP contribution < -0.4 is 5.32 Å². The van der Waals surface area contributed by atoms with Crippen molar-refractivity contribution in [1.29, 1.82) is 0 Å². The average Bonchev–Trinajstić information content (AvgIpc) is 2.83. The molecule has 0 aliphatic carbocycles. The topological polar surface area (TPSA) is 12.0 Å². The first-order chi connectivity index (χ1) is 9.67. The van der Waals surface area contributed by atoms with Crippen LogP contribution in [-0.4, -0.2) is 12.6 Å². The standard InChI is InChI=1S/C17H22BrNS/c1-3-19-15(12-16-10-11-17(18)20-16)9-8-14-6-4-13(2)5-7-14/h4-7,10-11,15,19H,3,8-9,12H2,1-2H3. The summed E-state index contributed by atoms with van der Waals surface area (Å²) in [7, 11) is 0. The smallest absolute Gasteiger partial charge is 0.0701 e. The highest BCUT2D eigenvalue weighted by molar-refractivity contribution is 9.11. The first kappa shape index (κ1) is 15.7. The summed E-state index contributed by atoms with van der Waals surface area (Å²) in [5, 5.41) is 3.61. The molecule has 0 saturated heterocycles. The summed E-state index contributed by atoms with van der Waals surface area (Å²) in [5.41, 5.74) is 2.77. The largest absolute Gasteiger partial charge is 0.314 e. The number of halogens is 1. The molecule has 2 aromatic rings. The molecule has 0 aliphatic rings. The molecule has 20 heavy (non-hydrogen) atoms. The van der Waals surface area contributed by atoms with Gasteiger partial charge in [0.1, 0.15) is 0 Å². The molecule has 1 N–H and O–H groups in total. The molecule has 1 aromatic heterocycles. The van der Waals surface area contributed by atoms with Crippen LogP contribution in [0.3, 0.4) is 0 Å². The van der Waals surface area contributed by atoms with E-state index in [9.17, 15) is 0 Å². The van der Waals surface area contributed by atoms with Gasteiger partial charge in [0.05, 0.1) is 3.79 Å². The van der Waals surface area contributed by atoms with Crippen molar-refractivity contribution in [2.75, 3.05) is 6.54 Å². The highest BCUT2D eigenvalue weighted by Gasteiger charge is 2.10. The van der Waals surface area contributed by atoms with Gasteiger partial charge in [0.15, 0.2) is 0 Å². The fourth-order valence-corrected chi connectivity index (χ4v) is 3.93. The molecule has 1 aromatic carbocycles. The van der Waals surface area contributed by atoms with Crippen molar-refractivity contribution in [3.8, 4) is 0 Å². The van der Waals surface area contributed by atoms with Crippen molar-refractivity contribution in [1.82, 2.24) is 5.32 Å². The predicted molar refractivity (Wildman–Crippen MR) is 92.7 cm³/mol. The van der Waals surface area contributed by atoms with E-state index in [1.807, 2.05) is 11.3 Å². The third-order valence-corrected chi connectivity index (χ3v) is 5.12. The van der Waals surface area contributed by atoms with Gasteiger partial charge in [-0.1, -0.05) is 36.8 Å². The molecule has 0 spiro atoms. The van der Waals surface area contributed by atoms with Gasteiger partial charge in [0, 0.05) is 10.9 Å². The van der Waals surface area contributed by atoms with Gasteiger partial charge in [0.25, 0.3) is 0 Å². The van der Waals surface area contributed by atoms with Crippen LogP contribution in [0, 0.1) is 6.92 Å². The van der Waals surface area contributed by atoms with Crippen LogP contribution in [0.4, 0.5) is 0 Å². The first-order valence-corrected chi connectivity index (χ1v) is 8.81. The number of thiophene rings is 1. The Hall–Kier alpha value is -0.640. The summed E-state index contributed by atoms with van der Waals surface area (Å²) in [4.78, 5) is 1.45. The molecule has 0 radical (unpaired) electrons. The van der Waals surface area contributed by atoms with E-state index >= 15 is 0 Å². The normalized spacial score (nSPS) is 12.6. The lowest BCUT2D eigenvalue weighted by Crippen LogP contribution is -2.31. The Balaban J connectivity index is 1.90. The molecule has 0 amide bonds. The molecule has 1 nitrogen and oxygen atoms in total. The third-order valence-electron chi connectivity index (χ3n) is 3.47. The lowest BCUT2D eigenvalue weighted by molar-refractivity contribution is 0.494. The molecular formula is C17H22BrNS. The van der Waals surface area contributed by atoms with Crippen LogP contribution >= 0.6 is 27.3 Å². The second kappa shape index (κ2) is 7.96. The molecule has 1 heterocycles. The SMILES string of the molecule is CCNC(CCc1ccc(C)cc1)Cc1ccc(Br)s1. The molecule has 1 unspecified atom stereocenters. The van der Waals surface area contributed by atoms with E-state index in [4.69, 9.17) is 0 Å². The Bertz CT molecular complexity index is 518. The molecule has 0 saturated carbocycles. The monoisotopic (exact) mass is 351 g/mol. The number of nitrogens with one attached hydrogen (secondary N) is 1. The fourth-order valence-electron chi connectivity index (χ4n) is 2.36. The second-order valence-electron chi connectivity index (χ2n) is 5.19. The van der Waals surface area contributed by atoms with E-state index < -0.39 is 0 Å². The molecule has 2 rings (SSSR count). The summed E-state index contributed by atoms with van der Waals surface area (Å²) < 4.78 is 1.22. The molecule has 1 atom stereocenters. The lowest BCUT2D eigenvalue weighted by Gasteiger charge is -2.17. The van der Waals surface area contributed by atoms with E-state index in [1.54, 1.807) is 0 Å². The van der Waals surface area contributed by atoms with Gasteiger partial charge in [0.2, 0.25) is 0 Å². The summed E-state index contributed by atoms with van der Waals surface area (Å²) in [6, 6.07) is 13.8. The minimum Gasteiger partial charge on any atom is -0.314 e. The van der Waals surface area contributed by atoms with E-state index in [0.29, 0.717) is 6.04 Å². The number of aryl methyl sites for hydroxylation is 2. The fraction of sp³-hybridized carbons (Fsp3) is 0.412. The zero-order chi connectivity index (χ0) is 14.4. The van der Waals surface area contributed by atoms with Crippen molar-refractivity contribution < 1.29 is 0 Å². The molecule has 0 fully saturated rings. The second-order valence-corrected chi connectivity index (χ2v) is 7.74. The summed E-state index contributed by atoms with van der Waals surface area (Å²) in [6.07, 6.45) is 3.45. The Morgan fingerprint density at radius 2 is 1.90 bits per heavy atom. The lowest BCUT2D eigenvalue weighted by atomic mass is 10.0. The minimum absolute atomic E-state index is 0.562. The Morgan fingerprint density at radius 1 is 1.15 bits per heavy atom. The Morgan fingerprint density at radius 3 is 2.50 bits per heavy atom. The van der Waals surface area contributed by atoms with Crippen LogP contribution in [0.15, 0.2) is 40.2 Å². The van der Waals surface area contributed by atoms with Gasteiger partial charge in [-0.25, -0.2) is 0 Å². The van der Waals surface area contributed by atoms with E-state index in [2.05, 4.69) is 71.5 Å². The van der Waals surface area contributed by atoms with Gasteiger partial charge in [-0.15, -0.1) is 11.3 Å². The number of likely N-dealkylation sites (N-methyl/N-ethyl adjacent to an activating group) is 1. The quantitative estimate of drug-likeness (QED) is 0.742. The Labute approximate surface area is 134 Å². The highest BCUT2D eigenvalue weighted by atomic mass is 79.9. The van der Waals surface area contributed by atoms with Gasteiger partial charge in [-0.3, -0.25) is 0 Å². The number of hydrogen-bond donors (Lipinski definition) is 1. The first-order valence-electron chi connectivity index (χ1n) is 7.20. The summed E-state index contributed by atoms with van der Waals surface area (Å²) in [5.74, 6) is 0. The number of hydrogen-bond acceptors (Lipinski definition) is 2. The third kappa shape index (κ3) is 5.04. The van der Waals surface area contributed by atoms with E-state index in [1.165, 1.54) is 26.2 Å². The van der Waals surface area contributed by atoms with Gasteiger partial charge < -0.3 is 5.32 Å². The van der Waals surface area contributed by atoms with Crippen LogP contribution in [-0.2, 0) is 12.8 Å². The molecule has 108 valence electrons. The zero-order valence-corrected chi connectivity index (χ0v) is 14.6. The molecular weight excluding hydrogens is 330 g/mol. The van der Waals surface area contributed by atoms with Crippen molar-refractivity contribution in [2.24, 2.45) is 0 Å². The predicted octanol–water partition coefficient (Wildman–Crippen LogP) is 4.97. The van der Waals surface area contributed by atoms with Crippen molar-refractivity contribution in [3.05, 3.63) is 56.2 Å². The van der Waals surface area contributed by atoms with Crippen LogP contribution in [0.1, 0.15) is 29.3 Å². The maximum absolute atomic E-state index is 3.61. The highest BCUT2D eigenvalue weighted by Crippen LogP contribution is 2.24. The van der Waals surface area contributed by atoms with Crippen LogP contribution in [0.2, 0.25) is 0 Å². The Kier molecular flexibility index (Phi) is 6.27. The summed E-state index contributed by atoms with van der Waals surface area (Å²) in [6.45, 7) is 5.36. The van der Waals surface area contributed by atoms with Crippen molar-refractivity contribution in [2.45, 2.75) is 39.2 Å². The van der Waals surface area contributed by atoms with Crippen LogP contribution in [0.25, 0.3) is 0 Å². The van der Waals surface area contributed by atoms with Gasteiger partial charge >= 0.3 is 0 Å². The van der Waals surface area contributed by atoms with Crippen molar-refractivity contribution in [3.63, 3.8) is 0 Å². The minimum atomic E-state index is 0.562. The molecule has 0 aliphatic heterocycles. The molecule has 0 bridgehead atoms. The molecule has 3 heteroatoms. The van der Waals surface area contributed by atoms with Gasteiger partial charge in [-0.2, -0.15) is 0 Å². The van der Waals surface area contributed by atoms with Gasteiger partial charge in [-0.05, 0) is 66.4 Å². The van der Waals surface area contributed by atoms with Crippen LogP contribution in [0.5, 0.6) is 0 Å². The van der Waals surface area contributed by atoms with E-state index in [0.717, 1.165) is 19.4 Å². The number of rotatable bonds is 7.